The van der Waals surface area contributed by atoms with Crippen molar-refractivity contribution in [3.8, 4) is 0 Å². The van der Waals surface area contributed by atoms with Gasteiger partial charge in [-0.25, -0.2) is 0 Å². The molecule has 0 rings (SSSR count). The number of hydrogen-bond acceptors (Lipinski definition) is 2. The SMILES string of the molecule is CC(Cl)(Cl)C(=O)NCCCCCCNC(=O)C(C)(Cl)Cl. The summed E-state index contributed by atoms with van der Waals surface area (Å²) in [5.74, 6) is -0.784. The zero-order chi connectivity index (χ0) is 15.8. The van der Waals surface area contributed by atoms with Crippen LogP contribution >= 0.6 is 46.4 Å². The molecule has 0 saturated heterocycles. The lowest BCUT2D eigenvalue weighted by atomic mass is 10.2. The number of halogens is 4. The van der Waals surface area contributed by atoms with Crippen molar-refractivity contribution >= 4 is 58.2 Å². The van der Waals surface area contributed by atoms with Crippen LogP contribution in [0.2, 0.25) is 0 Å². The van der Waals surface area contributed by atoms with E-state index in [9.17, 15) is 9.59 Å². The van der Waals surface area contributed by atoms with Crippen LogP contribution in [-0.4, -0.2) is 33.6 Å². The van der Waals surface area contributed by atoms with Crippen LogP contribution in [0.3, 0.4) is 0 Å². The van der Waals surface area contributed by atoms with E-state index < -0.39 is 20.5 Å². The molecule has 0 aromatic carbocycles. The quantitative estimate of drug-likeness (QED) is 0.487. The van der Waals surface area contributed by atoms with Gasteiger partial charge in [-0.05, 0) is 26.7 Å². The predicted octanol–water partition coefficient (Wildman–Crippen LogP) is 3.17. The average Bonchev–Trinajstić information content (AvgIpc) is 2.29. The van der Waals surface area contributed by atoms with Crippen molar-refractivity contribution in [1.82, 2.24) is 10.6 Å². The van der Waals surface area contributed by atoms with Gasteiger partial charge < -0.3 is 10.6 Å². The van der Waals surface area contributed by atoms with E-state index in [1.165, 1.54) is 13.8 Å². The van der Waals surface area contributed by atoms with Gasteiger partial charge in [0.2, 0.25) is 0 Å². The fraction of sp³-hybridized carbons (Fsp3) is 0.833. The fourth-order valence-electron chi connectivity index (χ4n) is 1.32. The average molecular weight is 366 g/mol. The van der Waals surface area contributed by atoms with Crippen molar-refractivity contribution in [2.24, 2.45) is 0 Å². The molecule has 118 valence electrons. The van der Waals surface area contributed by atoms with E-state index in [2.05, 4.69) is 10.6 Å². The summed E-state index contributed by atoms with van der Waals surface area (Å²) in [6, 6.07) is 0. The highest BCUT2D eigenvalue weighted by molar-refractivity contribution is 6.58. The number of hydrogen-bond donors (Lipinski definition) is 2. The van der Waals surface area contributed by atoms with Gasteiger partial charge in [0.15, 0.2) is 8.67 Å². The van der Waals surface area contributed by atoms with Crippen LogP contribution in [0.4, 0.5) is 0 Å². The van der Waals surface area contributed by atoms with Crippen LogP contribution in [-0.2, 0) is 9.59 Å². The van der Waals surface area contributed by atoms with E-state index in [0.717, 1.165) is 25.7 Å². The first kappa shape index (κ1) is 20.1. The Balaban J connectivity index is 3.47. The molecule has 2 N–H and O–H groups in total. The Hall–Kier alpha value is 0.1000. The molecule has 0 radical (unpaired) electrons. The third-order valence-corrected chi connectivity index (χ3v) is 3.16. The normalized spacial score (nSPS) is 12.1. The molecule has 8 heteroatoms. The lowest BCUT2D eigenvalue weighted by Crippen LogP contribution is -2.37. The highest BCUT2D eigenvalue weighted by Crippen LogP contribution is 2.19. The third kappa shape index (κ3) is 9.92. The lowest BCUT2D eigenvalue weighted by Gasteiger charge is -2.13. The van der Waals surface area contributed by atoms with Crippen molar-refractivity contribution < 1.29 is 9.59 Å². The first-order chi connectivity index (χ1) is 9.05. The van der Waals surface area contributed by atoms with E-state index in [1.54, 1.807) is 0 Å². The van der Waals surface area contributed by atoms with Crippen LogP contribution in [0.1, 0.15) is 39.5 Å². The number of carbonyl (C=O) groups excluding carboxylic acids is 2. The topological polar surface area (TPSA) is 58.2 Å². The number of rotatable bonds is 9. The highest BCUT2D eigenvalue weighted by atomic mass is 35.5. The highest BCUT2D eigenvalue weighted by Gasteiger charge is 2.27. The Kier molecular flexibility index (Phi) is 9.23. The molecule has 0 spiro atoms. The van der Waals surface area contributed by atoms with E-state index in [4.69, 9.17) is 46.4 Å². The van der Waals surface area contributed by atoms with Crippen LogP contribution in [0.15, 0.2) is 0 Å². The number of nitrogens with one attached hydrogen (secondary N) is 2. The van der Waals surface area contributed by atoms with Gasteiger partial charge in [-0.15, -0.1) is 0 Å². The zero-order valence-electron chi connectivity index (χ0n) is 11.6. The molecule has 0 heterocycles. The van der Waals surface area contributed by atoms with Gasteiger partial charge in [0.25, 0.3) is 11.8 Å². The summed E-state index contributed by atoms with van der Waals surface area (Å²) in [5.41, 5.74) is 0. The predicted molar refractivity (Wildman–Crippen MR) is 84.7 cm³/mol. The minimum atomic E-state index is -1.39. The largest absolute Gasteiger partial charge is 0.354 e. The molecule has 0 atom stereocenters. The van der Waals surface area contributed by atoms with E-state index in [-0.39, 0.29) is 0 Å². The summed E-state index contributed by atoms with van der Waals surface area (Å²) in [6.45, 7) is 3.91. The van der Waals surface area contributed by atoms with Gasteiger partial charge >= 0.3 is 0 Å². The van der Waals surface area contributed by atoms with Crippen molar-refractivity contribution in [3.05, 3.63) is 0 Å². The first-order valence-corrected chi connectivity index (χ1v) is 7.88. The van der Waals surface area contributed by atoms with Gasteiger partial charge in [-0.2, -0.15) is 0 Å². The van der Waals surface area contributed by atoms with Crippen LogP contribution in [0, 0.1) is 0 Å². The molecule has 0 fully saturated rings. The number of amides is 2. The van der Waals surface area contributed by atoms with Gasteiger partial charge in [0.1, 0.15) is 0 Å². The smallest absolute Gasteiger partial charge is 0.256 e. The number of unbranched alkanes of at least 4 members (excludes halogenated alkanes) is 3. The van der Waals surface area contributed by atoms with Crippen molar-refractivity contribution in [2.75, 3.05) is 13.1 Å². The molecular weight excluding hydrogens is 346 g/mol. The summed E-state index contributed by atoms with van der Waals surface area (Å²) >= 11 is 22.5. The molecule has 20 heavy (non-hydrogen) atoms. The third-order valence-electron chi connectivity index (χ3n) is 2.47. The van der Waals surface area contributed by atoms with Gasteiger partial charge in [-0.1, -0.05) is 59.2 Å². The van der Waals surface area contributed by atoms with Crippen LogP contribution < -0.4 is 10.6 Å². The summed E-state index contributed by atoms with van der Waals surface area (Å²) < 4.78 is -2.78. The Bertz CT molecular complexity index is 292. The molecule has 0 unspecified atom stereocenters. The van der Waals surface area contributed by atoms with Crippen LogP contribution in [0.25, 0.3) is 0 Å². The van der Waals surface area contributed by atoms with Crippen molar-refractivity contribution in [3.63, 3.8) is 0 Å². The Morgan fingerprint density at radius 2 is 1.05 bits per heavy atom. The first-order valence-electron chi connectivity index (χ1n) is 6.37. The Labute approximate surface area is 139 Å². The zero-order valence-corrected chi connectivity index (χ0v) is 14.6. The van der Waals surface area contributed by atoms with Crippen LogP contribution in [0.5, 0.6) is 0 Å². The molecule has 0 aromatic heterocycles. The molecule has 0 saturated carbocycles. The standard InChI is InChI=1S/C12H20Cl4N2O2/c1-11(13,14)9(19)17-7-5-3-4-6-8-18-10(20)12(2,15)16/h3-8H2,1-2H3,(H,17,19)(H,18,20). The maximum Gasteiger partial charge on any atom is 0.256 e. The van der Waals surface area contributed by atoms with Gasteiger partial charge in [0.05, 0.1) is 0 Å². The van der Waals surface area contributed by atoms with E-state index in [1.807, 2.05) is 0 Å². The van der Waals surface area contributed by atoms with Gasteiger partial charge in [0, 0.05) is 13.1 Å². The Morgan fingerprint density at radius 3 is 1.30 bits per heavy atom. The molecule has 0 bridgehead atoms. The second-order valence-corrected chi connectivity index (χ2v) is 8.11. The molecule has 0 aromatic rings. The van der Waals surface area contributed by atoms with Gasteiger partial charge in [-0.3, -0.25) is 9.59 Å². The molecule has 0 aliphatic rings. The minimum Gasteiger partial charge on any atom is -0.354 e. The maximum absolute atomic E-state index is 11.3. The summed E-state index contributed by atoms with van der Waals surface area (Å²) in [7, 11) is 0. The van der Waals surface area contributed by atoms with E-state index in [0.29, 0.717) is 13.1 Å². The second-order valence-electron chi connectivity index (χ2n) is 4.70. The molecule has 2 amide bonds. The monoisotopic (exact) mass is 364 g/mol. The molecule has 4 nitrogen and oxygen atoms in total. The molecule has 0 aliphatic carbocycles. The minimum absolute atomic E-state index is 0.392. The maximum atomic E-state index is 11.3. The second kappa shape index (κ2) is 9.19. The van der Waals surface area contributed by atoms with E-state index >= 15 is 0 Å². The summed E-state index contributed by atoms with van der Waals surface area (Å²) in [5, 5.41) is 5.29. The summed E-state index contributed by atoms with van der Waals surface area (Å²) in [4.78, 5) is 22.6. The Morgan fingerprint density at radius 1 is 0.750 bits per heavy atom. The number of alkyl halides is 4. The fourth-order valence-corrected chi connectivity index (χ4v) is 1.59. The lowest BCUT2D eigenvalue weighted by molar-refractivity contribution is -0.122. The van der Waals surface area contributed by atoms with Crippen molar-refractivity contribution in [1.29, 1.82) is 0 Å². The molecule has 0 aliphatic heterocycles. The molecular formula is C12H20Cl4N2O2. The number of carbonyl (C=O) groups is 2. The van der Waals surface area contributed by atoms with Crippen molar-refractivity contribution in [2.45, 2.75) is 48.2 Å². The summed E-state index contributed by atoms with van der Waals surface area (Å²) in [6.07, 6.45) is 3.51.